The minimum Gasteiger partial charge on any atom is -0.489 e. The van der Waals surface area contributed by atoms with Gasteiger partial charge in [0.2, 0.25) is 0 Å². The van der Waals surface area contributed by atoms with Gasteiger partial charge in [0.15, 0.2) is 17.4 Å². The summed E-state index contributed by atoms with van der Waals surface area (Å²) in [5, 5.41) is 2.63. The number of carbonyl (C=O) groups excluding carboxylic acids is 4. The van der Waals surface area contributed by atoms with Crippen molar-refractivity contribution >= 4 is 29.3 Å². The summed E-state index contributed by atoms with van der Waals surface area (Å²) in [5.41, 5.74) is 2.00. The lowest BCUT2D eigenvalue weighted by molar-refractivity contribution is -0.122. The summed E-state index contributed by atoms with van der Waals surface area (Å²) in [6, 6.07) is 12.2. The second kappa shape index (κ2) is 14.5. The molecular formula is C35H36F2N2O7. The predicted octanol–water partition coefficient (Wildman–Crippen LogP) is 7.50. The molecule has 1 aliphatic heterocycles. The second-order valence-corrected chi connectivity index (χ2v) is 11.5. The molecule has 9 nitrogen and oxygen atoms in total. The van der Waals surface area contributed by atoms with Gasteiger partial charge < -0.3 is 19.1 Å². The number of fused-ring (bicyclic) bond motifs is 1. The Kier molecular flexibility index (Phi) is 10.3. The molecule has 2 aliphatic rings. The van der Waals surface area contributed by atoms with Crippen molar-refractivity contribution in [3.05, 3.63) is 82.9 Å². The minimum absolute atomic E-state index is 0.0318. The normalized spacial score (nSPS) is 15.0. The van der Waals surface area contributed by atoms with Gasteiger partial charge >= 0.3 is 6.09 Å². The van der Waals surface area contributed by atoms with Crippen molar-refractivity contribution in [3.63, 3.8) is 0 Å². The lowest BCUT2D eigenvalue weighted by Crippen LogP contribution is -2.40. The van der Waals surface area contributed by atoms with E-state index in [2.05, 4.69) is 5.32 Å². The summed E-state index contributed by atoms with van der Waals surface area (Å²) in [6.45, 7) is 3.24. The Bertz CT molecular complexity index is 1620. The van der Waals surface area contributed by atoms with Crippen molar-refractivity contribution in [1.29, 1.82) is 0 Å². The SMILES string of the molecule is CCC(=O)CCC(C(C)=O)N1Cc2ccc(COC(=O)Nc3ccc(Oc4ccc(F)c(F)c4)cc3)c(OC3CCCC3)c2C1=O. The van der Waals surface area contributed by atoms with Crippen molar-refractivity contribution in [1.82, 2.24) is 4.90 Å². The Hall–Kier alpha value is -4.80. The number of Topliss-reactive ketones (excluding diaryl/α,β-unsaturated/α-hetero) is 2. The highest BCUT2D eigenvalue weighted by molar-refractivity contribution is 6.03. The van der Waals surface area contributed by atoms with E-state index in [0.29, 0.717) is 40.3 Å². The summed E-state index contributed by atoms with van der Waals surface area (Å²) in [6.07, 6.45) is 3.71. The molecule has 1 fully saturated rings. The number of hydrogen-bond donors (Lipinski definition) is 1. The number of anilines is 1. The van der Waals surface area contributed by atoms with Crippen LogP contribution >= 0.6 is 0 Å². The zero-order chi connectivity index (χ0) is 32.8. The smallest absolute Gasteiger partial charge is 0.411 e. The highest BCUT2D eigenvalue weighted by atomic mass is 19.2. The standard InChI is InChI=1S/C35H36F2N2O7/c1-3-25(41)12-17-31(21(2)40)39-19-22-8-9-23(33(32(22)34(39)42)46-26-6-4-5-7-26)20-44-35(43)38-24-10-13-27(14-11-24)45-28-15-16-29(36)30(37)18-28/h8-11,13-16,18,26,31H,3-7,12,17,19-20H2,1-2H3,(H,38,43). The van der Waals surface area contributed by atoms with Crippen LogP contribution in [0.5, 0.6) is 17.2 Å². The van der Waals surface area contributed by atoms with E-state index in [0.717, 1.165) is 37.8 Å². The molecule has 1 N–H and O–H groups in total. The summed E-state index contributed by atoms with van der Waals surface area (Å²) in [4.78, 5) is 52.6. The Labute approximate surface area is 265 Å². The van der Waals surface area contributed by atoms with Gasteiger partial charge in [-0.1, -0.05) is 19.1 Å². The number of ether oxygens (including phenoxy) is 3. The van der Waals surface area contributed by atoms with Gasteiger partial charge in [0, 0.05) is 36.7 Å². The molecule has 0 bridgehead atoms. The van der Waals surface area contributed by atoms with Gasteiger partial charge in [0.1, 0.15) is 29.6 Å². The third-order valence-electron chi connectivity index (χ3n) is 8.25. The molecule has 1 atom stereocenters. The first-order valence-electron chi connectivity index (χ1n) is 15.4. The van der Waals surface area contributed by atoms with E-state index in [4.69, 9.17) is 14.2 Å². The molecule has 3 aromatic rings. The molecule has 2 amide bonds. The van der Waals surface area contributed by atoms with E-state index in [9.17, 15) is 28.0 Å². The summed E-state index contributed by atoms with van der Waals surface area (Å²) in [5.74, 6) is -1.68. The zero-order valence-corrected chi connectivity index (χ0v) is 25.8. The maximum absolute atomic E-state index is 13.8. The van der Waals surface area contributed by atoms with Crippen LogP contribution in [-0.4, -0.2) is 40.6 Å². The van der Waals surface area contributed by atoms with Crippen LogP contribution in [0.2, 0.25) is 0 Å². The molecule has 46 heavy (non-hydrogen) atoms. The third-order valence-corrected chi connectivity index (χ3v) is 8.25. The second-order valence-electron chi connectivity index (χ2n) is 11.5. The topological polar surface area (TPSA) is 111 Å². The van der Waals surface area contributed by atoms with E-state index in [1.807, 2.05) is 0 Å². The van der Waals surface area contributed by atoms with Gasteiger partial charge in [-0.25, -0.2) is 13.6 Å². The quantitative estimate of drug-likeness (QED) is 0.207. The van der Waals surface area contributed by atoms with Gasteiger partial charge in [-0.05, 0) is 81.0 Å². The molecule has 0 spiro atoms. The Morgan fingerprint density at radius 3 is 2.37 bits per heavy atom. The van der Waals surface area contributed by atoms with E-state index in [1.165, 1.54) is 17.9 Å². The fourth-order valence-electron chi connectivity index (χ4n) is 5.74. The molecular weight excluding hydrogens is 598 g/mol. The average Bonchev–Trinajstić information content (AvgIpc) is 3.67. The third kappa shape index (κ3) is 7.70. The molecule has 11 heteroatoms. The number of nitrogens with one attached hydrogen (secondary N) is 1. The Morgan fingerprint density at radius 1 is 0.978 bits per heavy atom. The zero-order valence-electron chi connectivity index (χ0n) is 25.8. The summed E-state index contributed by atoms with van der Waals surface area (Å²) >= 11 is 0. The van der Waals surface area contributed by atoms with Crippen molar-refractivity contribution in [2.45, 2.75) is 84.1 Å². The van der Waals surface area contributed by atoms with Crippen molar-refractivity contribution < 1.29 is 42.2 Å². The first-order chi connectivity index (χ1) is 22.1. The van der Waals surface area contributed by atoms with Crippen molar-refractivity contribution in [3.8, 4) is 17.2 Å². The van der Waals surface area contributed by atoms with Crippen LogP contribution in [0.3, 0.4) is 0 Å². The monoisotopic (exact) mass is 634 g/mol. The van der Waals surface area contributed by atoms with E-state index < -0.39 is 23.8 Å². The molecule has 0 radical (unpaired) electrons. The van der Waals surface area contributed by atoms with E-state index in [1.54, 1.807) is 43.3 Å². The molecule has 1 saturated carbocycles. The summed E-state index contributed by atoms with van der Waals surface area (Å²) in [7, 11) is 0. The molecule has 1 unspecified atom stereocenters. The highest BCUT2D eigenvalue weighted by Gasteiger charge is 2.38. The van der Waals surface area contributed by atoms with Crippen LogP contribution in [0.1, 0.15) is 80.3 Å². The first-order valence-corrected chi connectivity index (χ1v) is 15.4. The predicted molar refractivity (Wildman–Crippen MR) is 165 cm³/mol. The largest absolute Gasteiger partial charge is 0.489 e. The van der Waals surface area contributed by atoms with E-state index >= 15 is 0 Å². The molecule has 3 aromatic carbocycles. The van der Waals surface area contributed by atoms with Gasteiger partial charge in [0.25, 0.3) is 5.91 Å². The Balaban J connectivity index is 1.27. The average molecular weight is 635 g/mol. The molecule has 0 saturated heterocycles. The van der Waals surface area contributed by atoms with Gasteiger partial charge in [-0.15, -0.1) is 0 Å². The molecule has 5 rings (SSSR count). The molecule has 1 heterocycles. The van der Waals surface area contributed by atoms with Crippen LogP contribution in [-0.2, 0) is 27.5 Å². The van der Waals surface area contributed by atoms with Crippen molar-refractivity contribution in [2.24, 2.45) is 0 Å². The number of rotatable bonds is 13. The number of nitrogens with zero attached hydrogens (tertiary/aromatic N) is 1. The number of amides is 2. The number of carbonyl (C=O) groups is 4. The van der Waals surface area contributed by atoms with Crippen LogP contribution in [0, 0.1) is 11.6 Å². The Morgan fingerprint density at radius 2 is 1.70 bits per heavy atom. The van der Waals surface area contributed by atoms with Crippen LogP contribution in [0.25, 0.3) is 0 Å². The summed E-state index contributed by atoms with van der Waals surface area (Å²) < 4.78 is 44.1. The first kappa shape index (κ1) is 32.6. The van der Waals surface area contributed by atoms with Crippen LogP contribution in [0.15, 0.2) is 54.6 Å². The number of hydrogen-bond acceptors (Lipinski definition) is 7. The fraction of sp³-hybridized carbons (Fsp3) is 0.371. The van der Waals surface area contributed by atoms with Crippen LogP contribution in [0.4, 0.5) is 19.3 Å². The number of halogens is 2. The van der Waals surface area contributed by atoms with Crippen LogP contribution < -0.4 is 14.8 Å². The van der Waals surface area contributed by atoms with E-state index in [-0.39, 0.29) is 55.3 Å². The fourth-order valence-corrected chi connectivity index (χ4v) is 5.74. The lowest BCUT2D eigenvalue weighted by atomic mass is 10.0. The molecule has 242 valence electrons. The number of benzene rings is 3. The minimum atomic E-state index is -1.03. The maximum atomic E-state index is 13.8. The van der Waals surface area contributed by atoms with Gasteiger partial charge in [-0.3, -0.25) is 19.7 Å². The van der Waals surface area contributed by atoms with Gasteiger partial charge in [0.05, 0.1) is 17.7 Å². The molecule has 1 aliphatic carbocycles. The number of ketones is 2. The molecule has 0 aromatic heterocycles. The van der Waals surface area contributed by atoms with Crippen molar-refractivity contribution in [2.75, 3.05) is 5.32 Å². The maximum Gasteiger partial charge on any atom is 0.411 e. The van der Waals surface area contributed by atoms with Gasteiger partial charge in [-0.2, -0.15) is 0 Å². The highest BCUT2D eigenvalue weighted by Crippen LogP contribution is 2.38. The lowest BCUT2D eigenvalue weighted by Gasteiger charge is -2.25.